The number of ether oxygens (including phenoxy) is 1. The zero-order chi connectivity index (χ0) is 46.1. The summed E-state index contributed by atoms with van der Waals surface area (Å²) in [5.74, 6) is 2.12. The summed E-state index contributed by atoms with van der Waals surface area (Å²) in [4.78, 5) is 9.09. The fourth-order valence-electron chi connectivity index (χ4n) is 9.55. The van der Waals surface area contributed by atoms with Crippen LogP contribution in [-0.2, 0) is 19.4 Å². The van der Waals surface area contributed by atoms with Gasteiger partial charge in [-0.05, 0) is 83.8 Å². The van der Waals surface area contributed by atoms with Crippen LogP contribution in [0.5, 0.6) is 11.5 Å². The van der Waals surface area contributed by atoms with E-state index in [9.17, 15) is 0 Å². The Hall–Kier alpha value is -7.51. The first-order valence-corrected chi connectivity index (χ1v) is 20.6. The van der Waals surface area contributed by atoms with Crippen molar-refractivity contribution in [2.24, 2.45) is 14.0 Å². The van der Waals surface area contributed by atoms with Gasteiger partial charge in [0, 0.05) is 89.5 Å². The highest BCUT2D eigenvalue weighted by Crippen LogP contribution is 2.51. The molecule has 12 rings (SSSR count). The minimum absolute atomic E-state index is 0.0579. The number of hydrogen-bond donors (Lipinski definition) is 0. The van der Waals surface area contributed by atoms with Crippen LogP contribution in [0.3, 0.4) is 0 Å². The van der Waals surface area contributed by atoms with Crippen molar-refractivity contribution in [3.8, 4) is 17.3 Å². The number of rotatable bonds is 5. The first kappa shape index (κ1) is 29.7. The number of nitrogens with zero attached hydrogens (tertiary/aromatic N) is 6. The zero-order valence-electron chi connectivity index (χ0n) is 39.9. The number of anilines is 4. The Bertz CT molecular complexity index is 3710. The Morgan fingerprint density at radius 1 is 0.525 bits per heavy atom. The molecule has 0 amide bonds. The first-order chi connectivity index (χ1) is 32.1. The van der Waals surface area contributed by atoms with E-state index in [0.29, 0.717) is 39.3 Å². The van der Waals surface area contributed by atoms with Gasteiger partial charge in [0.1, 0.15) is 24.0 Å². The molecule has 61 heavy (non-hydrogen) atoms. The van der Waals surface area contributed by atoms with E-state index in [1.54, 1.807) is 0 Å². The molecular weight excluding hydrogens is 749 g/mol. The summed E-state index contributed by atoms with van der Waals surface area (Å²) >= 11 is 0. The third kappa shape index (κ3) is 5.26. The van der Waals surface area contributed by atoms with Crippen LogP contribution < -0.4 is 14.5 Å². The van der Waals surface area contributed by atoms with Crippen molar-refractivity contribution in [3.63, 3.8) is 0 Å². The van der Waals surface area contributed by atoms with Gasteiger partial charge in [-0.1, -0.05) is 93.6 Å². The number of benzene rings is 7. The standard InChI is InChI=1S/C54H44N6O/c1-54(2,3)34-27-28-55-50(29-34)60-46-22-11-8-17-38(46)41-26-25-37(31-49(41)60)61-36-16-14-15-35(30-36)58-33-59(48-24-13-12-23-47(48)58)53-51-42(39-18-6-9-20-44(39)56(51)4)32-43-40-19-7-10-21-45(40)57(5)52(43)53/h6-32H,33H2,1-5H3/i4D3,5D3. The summed E-state index contributed by atoms with van der Waals surface area (Å²) in [6, 6.07) is 51.7. The van der Waals surface area contributed by atoms with Crippen LogP contribution in [0.2, 0.25) is 0 Å². The molecular formula is C54H44N6O. The smallest absolute Gasteiger partial charge is 0.137 e. The SMILES string of the molecule is [2H]C([2H])([2H])n1c2ccccc2c2cc3c4ccccc4n(C([2H])([2H])[2H])c3c(N3CN(c4cccc(Oc5ccc6c7ccccc7n(-c7cc(C(C)(C)C)ccn7)c6c5)c4)c4ccccc43)c21. The van der Waals surface area contributed by atoms with E-state index < -0.39 is 14.0 Å². The minimum atomic E-state index is -2.60. The average molecular weight is 799 g/mol. The monoisotopic (exact) mass is 798 g/mol. The normalized spacial score (nSPS) is 15.1. The van der Waals surface area contributed by atoms with Crippen LogP contribution in [0.1, 0.15) is 34.6 Å². The summed E-state index contributed by atoms with van der Waals surface area (Å²) in [6.07, 6.45) is 1.88. The molecule has 7 heteroatoms. The van der Waals surface area contributed by atoms with E-state index in [2.05, 4.69) is 83.7 Å². The largest absolute Gasteiger partial charge is 0.457 e. The molecule has 0 saturated carbocycles. The van der Waals surface area contributed by atoms with Gasteiger partial charge in [-0.2, -0.15) is 0 Å². The number of hydrogen-bond acceptors (Lipinski definition) is 4. The second-order valence-electron chi connectivity index (χ2n) is 17.0. The lowest BCUT2D eigenvalue weighted by atomic mass is 9.88. The minimum Gasteiger partial charge on any atom is -0.457 e. The molecule has 1 aliphatic heterocycles. The van der Waals surface area contributed by atoms with E-state index in [1.807, 2.05) is 115 Å². The van der Waals surface area contributed by atoms with Crippen molar-refractivity contribution in [1.29, 1.82) is 0 Å². The van der Waals surface area contributed by atoms with Crippen molar-refractivity contribution < 1.29 is 13.0 Å². The van der Waals surface area contributed by atoms with Crippen LogP contribution in [0.4, 0.5) is 22.7 Å². The highest BCUT2D eigenvalue weighted by Gasteiger charge is 2.33. The summed E-state index contributed by atoms with van der Waals surface area (Å²) in [6.45, 7) is 1.65. The molecule has 0 radical (unpaired) electrons. The van der Waals surface area contributed by atoms with Crippen molar-refractivity contribution >= 4 is 88.2 Å². The number of aryl methyl sites for hydroxylation is 2. The zero-order valence-corrected chi connectivity index (χ0v) is 33.9. The molecule has 7 aromatic carbocycles. The summed E-state index contributed by atoms with van der Waals surface area (Å²) in [7, 11) is 0. The Morgan fingerprint density at radius 2 is 1.11 bits per heavy atom. The molecule has 5 heterocycles. The predicted molar refractivity (Wildman–Crippen MR) is 254 cm³/mol. The fraction of sp³-hybridized carbons (Fsp3) is 0.130. The number of aromatic nitrogens is 4. The quantitative estimate of drug-likeness (QED) is 0.174. The van der Waals surface area contributed by atoms with Gasteiger partial charge in [-0.3, -0.25) is 4.57 Å². The van der Waals surface area contributed by atoms with Crippen LogP contribution in [0.25, 0.3) is 71.2 Å². The molecule has 1 aliphatic rings. The lowest BCUT2D eigenvalue weighted by Gasteiger charge is -2.25. The Morgan fingerprint density at radius 3 is 1.79 bits per heavy atom. The molecule has 11 aromatic rings. The lowest BCUT2D eigenvalue weighted by molar-refractivity contribution is 0.483. The van der Waals surface area contributed by atoms with E-state index >= 15 is 0 Å². The second kappa shape index (κ2) is 13.0. The maximum absolute atomic E-state index is 8.94. The van der Waals surface area contributed by atoms with Crippen LogP contribution in [0, 0.1) is 0 Å². The van der Waals surface area contributed by atoms with Gasteiger partial charge < -0.3 is 23.7 Å². The van der Waals surface area contributed by atoms with Gasteiger partial charge in [0.2, 0.25) is 0 Å². The fourth-order valence-corrected chi connectivity index (χ4v) is 9.55. The molecule has 0 bridgehead atoms. The van der Waals surface area contributed by atoms with Gasteiger partial charge in [0.05, 0.1) is 39.1 Å². The van der Waals surface area contributed by atoms with Crippen LogP contribution >= 0.6 is 0 Å². The second-order valence-corrected chi connectivity index (χ2v) is 17.0. The summed E-state index contributed by atoms with van der Waals surface area (Å²) < 4.78 is 65.4. The molecule has 4 aromatic heterocycles. The molecule has 296 valence electrons. The van der Waals surface area contributed by atoms with Crippen molar-refractivity contribution in [2.75, 3.05) is 16.5 Å². The Balaban J connectivity index is 1.01. The molecule has 0 unspecified atom stereocenters. The topological polar surface area (TPSA) is 43.4 Å². The van der Waals surface area contributed by atoms with E-state index in [0.717, 1.165) is 66.2 Å². The third-order valence-corrected chi connectivity index (χ3v) is 12.4. The summed E-state index contributed by atoms with van der Waals surface area (Å²) in [5, 5.41) is 5.20. The Kier molecular flexibility index (Phi) is 6.32. The van der Waals surface area contributed by atoms with Crippen LogP contribution in [0.15, 0.2) is 164 Å². The number of pyridine rings is 1. The molecule has 0 saturated heterocycles. The van der Waals surface area contributed by atoms with E-state index in [-0.39, 0.29) is 12.1 Å². The maximum atomic E-state index is 8.94. The number of para-hydroxylation sites is 5. The molecule has 0 fully saturated rings. The van der Waals surface area contributed by atoms with Gasteiger partial charge in [-0.25, -0.2) is 4.98 Å². The van der Waals surface area contributed by atoms with Crippen LogP contribution in [-0.4, -0.2) is 25.4 Å². The number of fused-ring (bicyclic) bond motifs is 10. The van der Waals surface area contributed by atoms with Gasteiger partial charge >= 0.3 is 0 Å². The van der Waals surface area contributed by atoms with E-state index in [1.165, 1.54) is 14.7 Å². The molecule has 7 nitrogen and oxygen atoms in total. The van der Waals surface area contributed by atoms with E-state index in [4.69, 9.17) is 17.9 Å². The predicted octanol–water partition coefficient (Wildman–Crippen LogP) is 13.8. The molecule has 0 aliphatic carbocycles. The van der Waals surface area contributed by atoms with Gasteiger partial charge in [-0.15, -0.1) is 0 Å². The Labute approximate surface area is 362 Å². The highest BCUT2D eigenvalue weighted by molar-refractivity contribution is 6.25. The third-order valence-electron chi connectivity index (χ3n) is 12.4. The molecule has 0 N–H and O–H groups in total. The van der Waals surface area contributed by atoms with Gasteiger partial charge in [0.15, 0.2) is 0 Å². The molecule has 0 spiro atoms. The first-order valence-electron chi connectivity index (χ1n) is 23.6. The lowest BCUT2D eigenvalue weighted by Crippen LogP contribution is -2.25. The highest BCUT2D eigenvalue weighted by atomic mass is 16.5. The van der Waals surface area contributed by atoms with Gasteiger partial charge in [0.25, 0.3) is 0 Å². The molecule has 0 atom stereocenters. The maximum Gasteiger partial charge on any atom is 0.137 e. The summed E-state index contributed by atoms with van der Waals surface area (Å²) in [5.41, 5.74) is 8.12. The average Bonchev–Trinajstić information content (AvgIpc) is 4.05. The van der Waals surface area contributed by atoms with Crippen molar-refractivity contribution in [1.82, 2.24) is 18.7 Å². The van der Waals surface area contributed by atoms with Crippen molar-refractivity contribution in [2.45, 2.75) is 26.2 Å². The van der Waals surface area contributed by atoms with Crippen molar-refractivity contribution in [3.05, 3.63) is 169 Å².